The van der Waals surface area contributed by atoms with Gasteiger partial charge in [-0.2, -0.15) is 0 Å². The number of hydrogen-bond donors (Lipinski definition) is 2. The molecule has 0 spiro atoms. The molecule has 3 N–H and O–H groups in total. The van der Waals surface area contributed by atoms with Crippen LogP contribution >= 0.6 is 0 Å². The number of methoxy groups -OCH3 is 1. The van der Waals surface area contributed by atoms with Gasteiger partial charge in [0.1, 0.15) is 5.82 Å². The first kappa shape index (κ1) is 23.0. The molecule has 0 aliphatic carbocycles. The van der Waals surface area contributed by atoms with Crippen molar-refractivity contribution in [2.75, 3.05) is 30.9 Å². The molecule has 0 radical (unpaired) electrons. The van der Waals surface area contributed by atoms with E-state index in [1.165, 1.54) is 9.47 Å². The summed E-state index contributed by atoms with van der Waals surface area (Å²) in [5.41, 5.74) is 6.26. The number of hydrogen-bond acceptors (Lipinski definition) is 5. The highest BCUT2D eigenvalue weighted by molar-refractivity contribution is 6.14. The maximum atomic E-state index is 13.8. The van der Waals surface area contributed by atoms with Crippen molar-refractivity contribution in [2.45, 2.75) is 13.0 Å². The molecule has 1 aromatic heterocycles. The molecule has 8 heteroatoms. The number of ether oxygens (including phenoxy) is 1. The number of aromatic amines is 1. The second kappa shape index (κ2) is 10.2. The Morgan fingerprint density at radius 1 is 1.00 bits per heavy atom. The lowest BCUT2D eigenvalue weighted by Crippen LogP contribution is -2.42. The van der Waals surface area contributed by atoms with Crippen LogP contribution in [0.3, 0.4) is 0 Å². The minimum Gasteiger partial charge on any atom is -0.385 e. The number of nitrogens with one attached hydrogen (secondary N) is 1. The quantitative estimate of drug-likeness (QED) is 0.395. The van der Waals surface area contributed by atoms with Crippen molar-refractivity contribution in [2.24, 2.45) is 0 Å². The number of nitrogens with two attached hydrogens (primary N) is 1. The number of carbonyl (C=O) groups is 1. The van der Waals surface area contributed by atoms with E-state index < -0.39 is 11.2 Å². The molecular formula is C26H26N4O4. The average Bonchev–Trinajstić information content (AvgIpc) is 2.85. The molecule has 1 heterocycles. The van der Waals surface area contributed by atoms with Gasteiger partial charge >= 0.3 is 5.69 Å². The fourth-order valence-electron chi connectivity index (χ4n) is 4.00. The summed E-state index contributed by atoms with van der Waals surface area (Å²) in [5, 5.41) is 1.67. The van der Waals surface area contributed by atoms with Gasteiger partial charge < -0.3 is 15.4 Å². The van der Waals surface area contributed by atoms with E-state index in [1.54, 1.807) is 19.2 Å². The molecule has 0 atom stereocenters. The number of amides is 1. The molecule has 0 aliphatic heterocycles. The minimum absolute atomic E-state index is 0.0513. The zero-order chi connectivity index (χ0) is 24.1. The number of rotatable bonds is 8. The van der Waals surface area contributed by atoms with Crippen LogP contribution in [0.5, 0.6) is 0 Å². The molecule has 0 unspecified atom stereocenters. The van der Waals surface area contributed by atoms with E-state index in [9.17, 15) is 14.4 Å². The van der Waals surface area contributed by atoms with E-state index in [2.05, 4.69) is 4.98 Å². The Kier molecular flexibility index (Phi) is 6.89. The van der Waals surface area contributed by atoms with Crippen molar-refractivity contribution in [1.29, 1.82) is 0 Å². The maximum absolute atomic E-state index is 13.8. The van der Waals surface area contributed by atoms with Crippen LogP contribution in [-0.2, 0) is 11.3 Å². The lowest BCUT2D eigenvalue weighted by atomic mass is 10.0. The van der Waals surface area contributed by atoms with Crippen LogP contribution in [0.2, 0.25) is 0 Å². The highest BCUT2D eigenvalue weighted by Gasteiger charge is 2.26. The zero-order valence-corrected chi connectivity index (χ0v) is 18.9. The molecule has 8 nitrogen and oxygen atoms in total. The zero-order valence-electron chi connectivity index (χ0n) is 18.9. The summed E-state index contributed by atoms with van der Waals surface area (Å²) >= 11 is 0. The van der Waals surface area contributed by atoms with Crippen LogP contribution in [0, 0.1) is 0 Å². The summed E-state index contributed by atoms with van der Waals surface area (Å²) < 4.78 is 6.43. The summed E-state index contributed by atoms with van der Waals surface area (Å²) in [6.45, 7) is 0.733. The smallest absolute Gasteiger partial charge is 0.330 e. The first-order valence-corrected chi connectivity index (χ1v) is 11.0. The van der Waals surface area contributed by atoms with Crippen LogP contribution < -0.4 is 21.9 Å². The Morgan fingerprint density at radius 2 is 1.71 bits per heavy atom. The number of carbonyl (C=O) groups excluding carboxylic acids is 1. The number of aromatic nitrogens is 2. The van der Waals surface area contributed by atoms with Gasteiger partial charge in [0.05, 0.1) is 6.54 Å². The van der Waals surface area contributed by atoms with Gasteiger partial charge in [-0.1, -0.05) is 66.7 Å². The lowest BCUT2D eigenvalue weighted by molar-refractivity contribution is 0.0985. The number of nitrogens with zero attached hydrogens (tertiary/aromatic N) is 2. The van der Waals surface area contributed by atoms with Gasteiger partial charge in [0.15, 0.2) is 5.69 Å². The van der Waals surface area contributed by atoms with Crippen molar-refractivity contribution in [3.8, 4) is 0 Å². The molecule has 0 fully saturated rings. The van der Waals surface area contributed by atoms with Crippen molar-refractivity contribution in [1.82, 2.24) is 9.55 Å². The van der Waals surface area contributed by atoms with Crippen molar-refractivity contribution in [3.63, 3.8) is 0 Å². The Morgan fingerprint density at radius 3 is 2.47 bits per heavy atom. The Bertz CT molecular complexity index is 1420. The molecule has 0 saturated heterocycles. The van der Waals surface area contributed by atoms with E-state index in [0.29, 0.717) is 18.6 Å². The van der Waals surface area contributed by atoms with E-state index >= 15 is 0 Å². The SMILES string of the molecule is COCCCN(C(=O)c1cccc2ccccc12)c1c(N)n(Cc2ccccc2)c(=O)[nH]c1=O. The second-order valence-electron chi connectivity index (χ2n) is 7.89. The van der Waals surface area contributed by atoms with Crippen LogP contribution in [0.25, 0.3) is 10.8 Å². The van der Waals surface area contributed by atoms with Gasteiger partial charge in [0.2, 0.25) is 0 Å². The minimum atomic E-state index is -0.710. The summed E-state index contributed by atoms with van der Waals surface area (Å²) in [6.07, 6.45) is 0.476. The number of anilines is 2. The topological polar surface area (TPSA) is 110 Å². The fraction of sp³-hybridized carbons (Fsp3) is 0.192. The van der Waals surface area contributed by atoms with Gasteiger partial charge in [0, 0.05) is 25.8 Å². The van der Waals surface area contributed by atoms with E-state index in [1.807, 2.05) is 60.7 Å². The molecule has 4 rings (SSSR count). The first-order valence-electron chi connectivity index (χ1n) is 11.0. The third-order valence-corrected chi connectivity index (χ3v) is 5.66. The Balaban J connectivity index is 1.84. The predicted octanol–water partition coefficient (Wildman–Crippen LogP) is 3.00. The van der Waals surface area contributed by atoms with Gasteiger partial charge in [0.25, 0.3) is 11.5 Å². The van der Waals surface area contributed by atoms with Gasteiger partial charge in [-0.05, 0) is 28.8 Å². The van der Waals surface area contributed by atoms with E-state index in [0.717, 1.165) is 16.3 Å². The van der Waals surface area contributed by atoms with E-state index in [-0.39, 0.29) is 30.5 Å². The van der Waals surface area contributed by atoms with Gasteiger partial charge in [-0.25, -0.2) is 4.79 Å². The number of nitrogen functional groups attached to an aromatic ring is 1. The van der Waals surface area contributed by atoms with Crippen LogP contribution in [0.4, 0.5) is 11.5 Å². The summed E-state index contributed by atoms with van der Waals surface area (Å²) in [5.74, 6) is -0.446. The molecule has 3 aromatic carbocycles. The number of benzene rings is 3. The first-order chi connectivity index (χ1) is 16.5. The molecular weight excluding hydrogens is 432 g/mol. The summed E-state index contributed by atoms with van der Waals surface area (Å²) in [7, 11) is 1.57. The highest BCUT2D eigenvalue weighted by Crippen LogP contribution is 2.25. The standard InChI is InChI=1S/C26H26N4O4/c1-34-16-8-15-29(25(32)21-14-7-12-19-11-5-6-13-20(19)21)22-23(27)30(26(33)28-24(22)31)17-18-9-3-2-4-10-18/h2-7,9-14H,8,15-17,27H2,1H3,(H,28,31,33). The molecule has 174 valence electrons. The van der Waals surface area contributed by atoms with E-state index in [4.69, 9.17) is 10.5 Å². The molecule has 4 aromatic rings. The summed E-state index contributed by atoms with van der Waals surface area (Å²) in [6, 6.07) is 22.3. The highest BCUT2D eigenvalue weighted by atomic mass is 16.5. The predicted molar refractivity (Wildman–Crippen MR) is 133 cm³/mol. The van der Waals surface area contributed by atoms with Crippen molar-refractivity contribution >= 4 is 28.2 Å². The van der Waals surface area contributed by atoms with Crippen LogP contribution in [0.15, 0.2) is 82.4 Å². The normalized spacial score (nSPS) is 11.0. The van der Waals surface area contributed by atoms with Gasteiger partial charge in [-0.3, -0.25) is 19.1 Å². The summed E-state index contributed by atoms with van der Waals surface area (Å²) in [4.78, 5) is 43.1. The Labute approximate surface area is 196 Å². The van der Waals surface area contributed by atoms with Crippen LogP contribution in [-0.4, -0.2) is 35.7 Å². The number of fused-ring (bicyclic) bond motifs is 1. The maximum Gasteiger partial charge on any atom is 0.330 e. The monoisotopic (exact) mass is 458 g/mol. The van der Waals surface area contributed by atoms with Crippen molar-refractivity contribution < 1.29 is 9.53 Å². The average molecular weight is 459 g/mol. The fourth-order valence-corrected chi connectivity index (χ4v) is 4.00. The Hall–Kier alpha value is -4.17. The van der Waals surface area contributed by atoms with Crippen LogP contribution in [0.1, 0.15) is 22.3 Å². The molecule has 0 aliphatic rings. The third kappa shape index (κ3) is 4.62. The van der Waals surface area contributed by atoms with Crippen molar-refractivity contribution in [3.05, 3.63) is 105 Å². The molecule has 0 saturated carbocycles. The lowest BCUT2D eigenvalue weighted by Gasteiger charge is -2.25. The third-order valence-electron chi connectivity index (χ3n) is 5.66. The second-order valence-corrected chi connectivity index (χ2v) is 7.89. The molecule has 1 amide bonds. The largest absolute Gasteiger partial charge is 0.385 e. The molecule has 34 heavy (non-hydrogen) atoms. The molecule has 0 bridgehead atoms. The van der Waals surface area contributed by atoms with Gasteiger partial charge in [-0.15, -0.1) is 0 Å². The number of H-pyrrole nitrogens is 1.